The van der Waals surface area contributed by atoms with E-state index in [2.05, 4.69) is 61.0 Å². The molecule has 4 nitrogen and oxygen atoms in total. The van der Waals surface area contributed by atoms with Crippen LogP contribution in [0.3, 0.4) is 0 Å². The second-order valence-corrected chi connectivity index (χ2v) is 9.74. The number of nitrogens with zero attached hydrogens (tertiary/aromatic N) is 2. The molecule has 6 heteroatoms. The molecule has 1 saturated heterocycles. The standard InChI is InChI=1S/C24H25ClN2O2S/c1-14(2)19-7-5-17(9-21(19)25)22-10-26-23(30-22)20-6-4-16(8-15(20)3)11-27-12-18(13-27)24(28)29/h4-10,14,18H,11-13H2,1-3H3,(H,28,29). The zero-order valence-electron chi connectivity index (χ0n) is 17.4. The molecule has 1 aliphatic heterocycles. The van der Waals surface area contributed by atoms with Crippen molar-refractivity contribution in [3.63, 3.8) is 0 Å². The highest BCUT2D eigenvalue weighted by molar-refractivity contribution is 7.18. The van der Waals surface area contributed by atoms with Crippen molar-refractivity contribution in [2.45, 2.75) is 33.2 Å². The van der Waals surface area contributed by atoms with Gasteiger partial charge in [-0.1, -0.05) is 55.8 Å². The third kappa shape index (κ3) is 4.29. The monoisotopic (exact) mass is 440 g/mol. The van der Waals surface area contributed by atoms with E-state index in [0.717, 1.165) is 38.1 Å². The van der Waals surface area contributed by atoms with E-state index >= 15 is 0 Å². The third-order valence-corrected chi connectivity index (χ3v) is 7.05. The topological polar surface area (TPSA) is 53.4 Å². The number of aliphatic carboxylic acids is 1. The van der Waals surface area contributed by atoms with Gasteiger partial charge in [-0.2, -0.15) is 0 Å². The number of rotatable bonds is 6. The van der Waals surface area contributed by atoms with E-state index < -0.39 is 5.97 Å². The normalized spacial score (nSPS) is 14.8. The SMILES string of the molecule is Cc1cc(CN2CC(C(=O)O)C2)ccc1-c1ncc(-c2ccc(C(C)C)c(Cl)c2)s1. The molecule has 2 heterocycles. The lowest BCUT2D eigenvalue weighted by molar-refractivity contribution is -0.147. The number of likely N-dealkylation sites (tertiary alicyclic amines) is 1. The molecule has 30 heavy (non-hydrogen) atoms. The highest BCUT2D eigenvalue weighted by Gasteiger charge is 2.32. The van der Waals surface area contributed by atoms with E-state index in [9.17, 15) is 4.79 Å². The summed E-state index contributed by atoms with van der Waals surface area (Å²) in [4.78, 5) is 18.9. The molecule has 0 aliphatic carbocycles. The van der Waals surface area contributed by atoms with Crippen LogP contribution >= 0.6 is 22.9 Å². The van der Waals surface area contributed by atoms with Crippen molar-refractivity contribution in [1.82, 2.24) is 9.88 Å². The number of aromatic nitrogens is 1. The van der Waals surface area contributed by atoms with Gasteiger partial charge < -0.3 is 5.11 Å². The van der Waals surface area contributed by atoms with Crippen LogP contribution in [0.4, 0.5) is 0 Å². The lowest BCUT2D eigenvalue weighted by atomic mass is 9.98. The molecule has 0 radical (unpaired) electrons. The summed E-state index contributed by atoms with van der Waals surface area (Å²) in [5.41, 5.74) is 5.76. The molecular weight excluding hydrogens is 416 g/mol. The molecule has 0 atom stereocenters. The van der Waals surface area contributed by atoms with Crippen LogP contribution in [0.25, 0.3) is 21.0 Å². The summed E-state index contributed by atoms with van der Waals surface area (Å²) in [5, 5.41) is 10.8. The number of carbonyl (C=O) groups is 1. The van der Waals surface area contributed by atoms with Crippen molar-refractivity contribution in [3.05, 3.63) is 64.3 Å². The molecule has 156 valence electrons. The molecule has 4 rings (SSSR count). The lowest BCUT2D eigenvalue weighted by Gasteiger charge is -2.36. The van der Waals surface area contributed by atoms with Crippen LogP contribution in [-0.4, -0.2) is 34.0 Å². The van der Waals surface area contributed by atoms with Gasteiger partial charge in [-0.3, -0.25) is 9.69 Å². The molecule has 1 fully saturated rings. The predicted molar refractivity (Wildman–Crippen MR) is 123 cm³/mol. The first-order valence-corrected chi connectivity index (χ1v) is 11.3. The lowest BCUT2D eigenvalue weighted by Crippen LogP contribution is -2.49. The molecule has 0 amide bonds. The van der Waals surface area contributed by atoms with Crippen molar-refractivity contribution in [2.24, 2.45) is 5.92 Å². The molecule has 0 bridgehead atoms. The van der Waals surface area contributed by atoms with Gasteiger partial charge >= 0.3 is 5.97 Å². The van der Waals surface area contributed by atoms with Gasteiger partial charge in [0.1, 0.15) is 5.01 Å². The summed E-state index contributed by atoms with van der Waals surface area (Å²) in [6.45, 7) is 8.43. The predicted octanol–water partition coefficient (Wildman–Crippen LogP) is 6.08. The maximum absolute atomic E-state index is 11.0. The van der Waals surface area contributed by atoms with Crippen molar-refractivity contribution in [1.29, 1.82) is 0 Å². The quantitative estimate of drug-likeness (QED) is 0.504. The molecule has 3 aromatic rings. The van der Waals surface area contributed by atoms with Gasteiger partial charge in [0.2, 0.25) is 0 Å². The molecule has 1 aliphatic rings. The minimum atomic E-state index is -0.697. The van der Waals surface area contributed by atoms with Gasteiger partial charge in [0.05, 0.1) is 10.8 Å². The first-order valence-electron chi connectivity index (χ1n) is 10.1. The zero-order chi connectivity index (χ0) is 21.4. The van der Waals surface area contributed by atoms with Gasteiger partial charge in [-0.25, -0.2) is 4.98 Å². The third-order valence-electron chi connectivity index (χ3n) is 5.65. The van der Waals surface area contributed by atoms with Crippen LogP contribution in [0.1, 0.15) is 36.5 Å². The Bertz CT molecular complexity index is 1090. The largest absolute Gasteiger partial charge is 0.481 e. The van der Waals surface area contributed by atoms with Crippen molar-refractivity contribution < 1.29 is 9.90 Å². The Morgan fingerprint density at radius 2 is 2.03 bits per heavy atom. The fraction of sp³-hybridized carbons (Fsp3) is 0.333. The smallest absolute Gasteiger partial charge is 0.309 e. The average molecular weight is 441 g/mol. The Morgan fingerprint density at radius 3 is 2.67 bits per heavy atom. The van der Waals surface area contributed by atoms with Crippen molar-refractivity contribution >= 4 is 28.9 Å². The summed E-state index contributed by atoms with van der Waals surface area (Å²) < 4.78 is 0. The van der Waals surface area contributed by atoms with Gasteiger partial charge in [-0.05, 0) is 41.2 Å². The van der Waals surface area contributed by atoms with Crippen molar-refractivity contribution in [3.8, 4) is 21.0 Å². The van der Waals surface area contributed by atoms with E-state index in [1.165, 1.54) is 11.1 Å². The highest BCUT2D eigenvalue weighted by atomic mass is 35.5. The number of carboxylic acid groups (broad SMARTS) is 1. The molecule has 0 saturated carbocycles. The number of benzene rings is 2. The number of aryl methyl sites for hydroxylation is 1. The second kappa shape index (κ2) is 8.50. The minimum Gasteiger partial charge on any atom is -0.481 e. The fourth-order valence-corrected chi connectivity index (χ4v) is 5.26. The van der Waals surface area contributed by atoms with E-state index in [4.69, 9.17) is 16.7 Å². The molecule has 1 aromatic heterocycles. The molecular formula is C24H25ClN2O2S. The van der Waals surface area contributed by atoms with Gasteiger partial charge in [0.15, 0.2) is 0 Å². The molecule has 0 unspecified atom stereocenters. The highest BCUT2D eigenvalue weighted by Crippen LogP contribution is 2.36. The van der Waals surface area contributed by atoms with Gasteiger partial charge in [0, 0.05) is 36.4 Å². The van der Waals surface area contributed by atoms with Gasteiger partial charge in [-0.15, -0.1) is 11.3 Å². The minimum absolute atomic E-state index is 0.220. The number of thiazole rings is 1. The Kier molecular flexibility index (Phi) is 5.96. The summed E-state index contributed by atoms with van der Waals surface area (Å²) in [5.74, 6) is -0.518. The first-order chi connectivity index (χ1) is 14.3. The summed E-state index contributed by atoms with van der Waals surface area (Å²) in [6.07, 6.45) is 1.92. The van der Waals surface area contributed by atoms with Crippen LogP contribution in [0.2, 0.25) is 5.02 Å². The van der Waals surface area contributed by atoms with Gasteiger partial charge in [0.25, 0.3) is 0 Å². The van der Waals surface area contributed by atoms with E-state index in [-0.39, 0.29) is 5.92 Å². The van der Waals surface area contributed by atoms with Crippen molar-refractivity contribution in [2.75, 3.05) is 13.1 Å². The maximum atomic E-state index is 11.0. The molecule has 2 aromatic carbocycles. The first kappa shape index (κ1) is 21.0. The summed E-state index contributed by atoms with van der Waals surface area (Å²) in [6, 6.07) is 12.7. The number of halogens is 1. The Morgan fingerprint density at radius 1 is 1.27 bits per heavy atom. The Balaban J connectivity index is 1.49. The summed E-state index contributed by atoms with van der Waals surface area (Å²) in [7, 11) is 0. The van der Waals surface area contributed by atoms with Crippen LogP contribution < -0.4 is 0 Å². The van der Waals surface area contributed by atoms with Crippen LogP contribution in [0.5, 0.6) is 0 Å². The van der Waals surface area contributed by atoms with Crippen LogP contribution in [-0.2, 0) is 11.3 Å². The summed E-state index contributed by atoms with van der Waals surface area (Å²) >= 11 is 8.14. The van der Waals surface area contributed by atoms with E-state index in [1.54, 1.807) is 11.3 Å². The zero-order valence-corrected chi connectivity index (χ0v) is 18.9. The van der Waals surface area contributed by atoms with E-state index in [0.29, 0.717) is 19.0 Å². The fourth-order valence-electron chi connectivity index (χ4n) is 3.86. The van der Waals surface area contributed by atoms with E-state index in [1.807, 2.05) is 12.3 Å². The molecule has 0 spiro atoms. The maximum Gasteiger partial charge on any atom is 0.309 e. The number of carboxylic acids is 1. The molecule has 1 N–H and O–H groups in total. The second-order valence-electron chi connectivity index (χ2n) is 8.30. The Hall–Kier alpha value is -2.21. The number of hydrogen-bond acceptors (Lipinski definition) is 4. The Labute approximate surface area is 186 Å². The number of hydrogen-bond donors (Lipinski definition) is 1. The van der Waals surface area contributed by atoms with Crippen LogP contribution in [0.15, 0.2) is 42.6 Å². The van der Waals surface area contributed by atoms with Crippen LogP contribution in [0, 0.1) is 12.8 Å². The average Bonchev–Trinajstić information content (AvgIpc) is 3.13.